The van der Waals surface area contributed by atoms with Gasteiger partial charge in [-0.3, -0.25) is 4.79 Å². The van der Waals surface area contributed by atoms with E-state index in [0.717, 1.165) is 0 Å². The maximum absolute atomic E-state index is 13.1. The zero-order valence-electron chi connectivity index (χ0n) is 19.2. The summed E-state index contributed by atoms with van der Waals surface area (Å²) in [5.41, 5.74) is -1.50. The van der Waals surface area contributed by atoms with Crippen molar-refractivity contribution in [1.82, 2.24) is 19.5 Å². The number of methoxy groups -OCH3 is 1. The number of amides is 1. The van der Waals surface area contributed by atoms with Gasteiger partial charge >= 0.3 is 6.18 Å². The standard InChI is InChI=1S/C23H23F3N4O5S/c1-34-15-18-17(21(31)29-36(32,33)16-5-3-2-4-6-16)7-8-19(27-18)30-13-9-20(28-30)35-14-12-22(10-11-22)23(24,25)26/h2-9,13H,10-12,14-15H2,1H3,(H,29,31). The van der Waals surface area contributed by atoms with E-state index < -0.39 is 27.5 Å². The molecule has 36 heavy (non-hydrogen) atoms. The molecule has 0 atom stereocenters. The highest BCUT2D eigenvalue weighted by Crippen LogP contribution is 2.59. The lowest BCUT2D eigenvalue weighted by molar-refractivity contribution is -0.190. The van der Waals surface area contributed by atoms with E-state index >= 15 is 0 Å². The lowest BCUT2D eigenvalue weighted by Gasteiger charge is -2.18. The van der Waals surface area contributed by atoms with Gasteiger partial charge in [0, 0.05) is 19.4 Å². The molecule has 4 rings (SSSR count). The van der Waals surface area contributed by atoms with Crippen molar-refractivity contribution in [3.8, 4) is 11.7 Å². The molecule has 1 aromatic carbocycles. The number of pyridine rings is 1. The van der Waals surface area contributed by atoms with Crippen LogP contribution >= 0.6 is 0 Å². The number of nitrogens with one attached hydrogen (secondary N) is 1. The second-order valence-corrected chi connectivity index (χ2v) is 10.0. The number of rotatable bonds is 10. The monoisotopic (exact) mass is 524 g/mol. The van der Waals surface area contributed by atoms with Crippen LogP contribution in [0, 0.1) is 5.41 Å². The van der Waals surface area contributed by atoms with E-state index in [0.29, 0.717) is 0 Å². The molecule has 1 aliphatic carbocycles. The molecule has 2 heterocycles. The first-order valence-corrected chi connectivity index (χ1v) is 12.4. The minimum absolute atomic E-state index is 0.00869. The molecule has 0 radical (unpaired) electrons. The first kappa shape index (κ1) is 25.6. The summed E-state index contributed by atoms with van der Waals surface area (Å²) in [4.78, 5) is 17.0. The molecular formula is C23H23F3N4O5S. The molecule has 0 saturated heterocycles. The molecule has 9 nitrogen and oxygen atoms in total. The van der Waals surface area contributed by atoms with Gasteiger partial charge in [-0.15, -0.1) is 5.10 Å². The van der Waals surface area contributed by atoms with Crippen LogP contribution in [-0.4, -0.2) is 49.0 Å². The van der Waals surface area contributed by atoms with Crippen molar-refractivity contribution < 1.29 is 35.9 Å². The van der Waals surface area contributed by atoms with Crippen LogP contribution in [0.1, 0.15) is 35.3 Å². The number of sulfonamides is 1. The second-order valence-electron chi connectivity index (χ2n) is 8.32. The summed E-state index contributed by atoms with van der Waals surface area (Å²) in [5, 5.41) is 4.17. The zero-order valence-corrected chi connectivity index (χ0v) is 20.0. The summed E-state index contributed by atoms with van der Waals surface area (Å²) in [6, 6.07) is 11.8. The Morgan fingerprint density at radius 1 is 1.14 bits per heavy atom. The topological polar surface area (TPSA) is 112 Å². The van der Waals surface area contributed by atoms with Crippen LogP contribution in [0.4, 0.5) is 13.2 Å². The average Bonchev–Trinajstić information content (AvgIpc) is 3.49. The molecule has 1 N–H and O–H groups in total. The first-order valence-electron chi connectivity index (χ1n) is 10.9. The highest BCUT2D eigenvalue weighted by molar-refractivity contribution is 7.90. The van der Waals surface area contributed by atoms with Gasteiger partial charge in [-0.1, -0.05) is 18.2 Å². The Balaban J connectivity index is 1.46. The van der Waals surface area contributed by atoms with Crippen LogP contribution in [0.3, 0.4) is 0 Å². The molecule has 3 aromatic rings. The Morgan fingerprint density at radius 2 is 1.86 bits per heavy atom. The molecular weight excluding hydrogens is 501 g/mol. The number of nitrogens with zero attached hydrogens (tertiary/aromatic N) is 3. The number of halogens is 3. The van der Waals surface area contributed by atoms with E-state index in [1.54, 1.807) is 6.07 Å². The van der Waals surface area contributed by atoms with Crippen molar-refractivity contribution >= 4 is 15.9 Å². The summed E-state index contributed by atoms with van der Waals surface area (Å²) >= 11 is 0. The summed E-state index contributed by atoms with van der Waals surface area (Å²) in [6.45, 7) is -0.222. The van der Waals surface area contributed by atoms with E-state index in [1.165, 1.54) is 60.5 Å². The predicted molar refractivity (Wildman–Crippen MR) is 121 cm³/mol. The molecule has 0 spiro atoms. The SMILES string of the molecule is COCc1nc(-n2ccc(OCCC3(C(F)(F)F)CC3)n2)ccc1C(=O)NS(=O)(=O)c1ccccc1. The lowest BCUT2D eigenvalue weighted by atomic mass is 10.0. The van der Waals surface area contributed by atoms with Gasteiger partial charge in [-0.05, 0) is 43.5 Å². The van der Waals surface area contributed by atoms with Crippen molar-refractivity contribution in [1.29, 1.82) is 0 Å². The van der Waals surface area contributed by atoms with Gasteiger partial charge in [-0.25, -0.2) is 22.8 Å². The Labute approximate surface area is 205 Å². The molecule has 1 aliphatic rings. The molecule has 1 fully saturated rings. The molecule has 0 unspecified atom stereocenters. The molecule has 192 valence electrons. The van der Waals surface area contributed by atoms with E-state index in [9.17, 15) is 26.4 Å². The Bertz CT molecular complexity index is 1340. The molecule has 1 amide bonds. The van der Waals surface area contributed by atoms with Gasteiger partial charge in [0.1, 0.15) is 0 Å². The van der Waals surface area contributed by atoms with E-state index in [-0.39, 0.29) is 60.3 Å². The minimum atomic E-state index is -4.24. The number of ether oxygens (including phenoxy) is 2. The number of carbonyl (C=O) groups excluding carboxylic acids is 1. The van der Waals surface area contributed by atoms with E-state index in [4.69, 9.17) is 9.47 Å². The predicted octanol–water partition coefficient (Wildman–Crippen LogP) is 3.64. The van der Waals surface area contributed by atoms with Gasteiger partial charge in [0.2, 0.25) is 5.88 Å². The molecule has 0 bridgehead atoms. The normalized spacial score (nSPS) is 14.9. The highest BCUT2D eigenvalue weighted by atomic mass is 32.2. The van der Waals surface area contributed by atoms with Crippen molar-refractivity contribution in [3.05, 3.63) is 66.0 Å². The zero-order chi connectivity index (χ0) is 26.0. The fourth-order valence-electron chi connectivity index (χ4n) is 3.60. The van der Waals surface area contributed by atoms with Crippen molar-refractivity contribution in [3.63, 3.8) is 0 Å². The van der Waals surface area contributed by atoms with Gasteiger partial charge in [-0.2, -0.15) is 13.2 Å². The fraction of sp³-hybridized carbons (Fsp3) is 0.348. The number of carbonyl (C=O) groups is 1. The summed E-state index contributed by atoms with van der Waals surface area (Å²) in [7, 11) is -2.70. The molecule has 13 heteroatoms. The summed E-state index contributed by atoms with van der Waals surface area (Å²) < 4.78 is 78.0. The Morgan fingerprint density at radius 3 is 2.50 bits per heavy atom. The second kappa shape index (κ2) is 9.90. The number of alkyl halides is 3. The quantitative estimate of drug-likeness (QED) is 0.431. The first-order chi connectivity index (χ1) is 17.0. The van der Waals surface area contributed by atoms with Crippen LogP contribution in [0.25, 0.3) is 5.82 Å². The maximum Gasteiger partial charge on any atom is 0.394 e. The van der Waals surface area contributed by atoms with Gasteiger partial charge < -0.3 is 9.47 Å². The number of benzene rings is 1. The van der Waals surface area contributed by atoms with Gasteiger partial charge in [0.15, 0.2) is 5.82 Å². The summed E-state index contributed by atoms with van der Waals surface area (Å²) in [5.74, 6) is -0.486. The van der Waals surface area contributed by atoms with Crippen LogP contribution < -0.4 is 9.46 Å². The van der Waals surface area contributed by atoms with Crippen LogP contribution in [-0.2, 0) is 21.4 Å². The molecule has 1 saturated carbocycles. The van der Waals surface area contributed by atoms with Crippen LogP contribution in [0.15, 0.2) is 59.6 Å². The number of hydrogen-bond acceptors (Lipinski definition) is 7. The van der Waals surface area contributed by atoms with Crippen molar-refractivity contribution in [2.75, 3.05) is 13.7 Å². The highest BCUT2D eigenvalue weighted by Gasteiger charge is 2.62. The third-order valence-corrected chi connectivity index (χ3v) is 7.20. The van der Waals surface area contributed by atoms with Gasteiger partial charge in [0.25, 0.3) is 15.9 Å². The minimum Gasteiger partial charge on any atom is -0.477 e. The van der Waals surface area contributed by atoms with Gasteiger partial charge in [0.05, 0.1) is 34.8 Å². The lowest BCUT2D eigenvalue weighted by Crippen LogP contribution is -2.31. The Kier molecular flexibility index (Phi) is 7.05. The van der Waals surface area contributed by atoms with E-state index in [1.807, 2.05) is 4.72 Å². The van der Waals surface area contributed by atoms with Crippen LogP contribution in [0.2, 0.25) is 0 Å². The van der Waals surface area contributed by atoms with Crippen LogP contribution in [0.5, 0.6) is 5.88 Å². The van der Waals surface area contributed by atoms with Crippen molar-refractivity contribution in [2.45, 2.75) is 36.9 Å². The Hall–Kier alpha value is -3.45. The molecule has 2 aromatic heterocycles. The average molecular weight is 525 g/mol. The maximum atomic E-state index is 13.1. The number of hydrogen-bond donors (Lipinski definition) is 1. The van der Waals surface area contributed by atoms with Crippen molar-refractivity contribution in [2.24, 2.45) is 5.41 Å². The van der Waals surface area contributed by atoms with E-state index in [2.05, 4.69) is 10.1 Å². The fourth-order valence-corrected chi connectivity index (χ4v) is 4.58. The number of aromatic nitrogens is 3. The third-order valence-electron chi connectivity index (χ3n) is 5.85. The third kappa shape index (κ3) is 5.51. The summed E-state index contributed by atoms with van der Waals surface area (Å²) in [6.07, 6.45) is -2.67. The largest absolute Gasteiger partial charge is 0.477 e. The molecule has 0 aliphatic heterocycles. The smallest absolute Gasteiger partial charge is 0.394 e.